The van der Waals surface area contributed by atoms with Crippen molar-refractivity contribution in [3.63, 3.8) is 0 Å². The molecule has 0 aromatic rings. The lowest BCUT2D eigenvalue weighted by Crippen LogP contribution is -2.33. The first-order valence-electron chi connectivity index (χ1n) is 7.06. The van der Waals surface area contributed by atoms with E-state index in [1.807, 2.05) is 0 Å². The zero-order chi connectivity index (χ0) is 16.6. The lowest BCUT2D eigenvalue weighted by molar-refractivity contribution is -0.148. The van der Waals surface area contributed by atoms with Crippen molar-refractivity contribution in [1.82, 2.24) is 0 Å². The molecule has 0 aliphatic heterocycles. The molecule has 4 N–H and O–H groups in total. The molecule has 9 nitrogen and oxygen atoms in total. The third-order valence-electron chi connectivity index (χ3n) is 2.40. The van der Waals surface area contributed by atoms with Gasteiger partial charge in [0.05, 0.1) is 39.6 Å². The maximum Gasteiger partial charge on any atom is 0.323 e. The van der Waals surface area contributed by atoms with Crippen LogP contribution in [0.1, 0.15) is 12.8 Å². The first-order chi connectivity index (χ1) is 10.6. The number of hydrogen-bond donors (Lipinski definition) is 3. The van der Waals surface area contributed by atoms with Crippen LogP contribution in [-0.4, -0.2) is 81.0 Å². The van der Waals surface area contributed by atoms with Gasteiger partial charge in [-0.15, -0.1) is 0 Å². The highest BCUT2D eigenvalue weighted by atomic mass is 16.6. The SMILES string of the molecule is NC(CCC(=O)OCCOCCO)C(=O)OCCOCCO. The molecule has 0 spiro atoms. The second-order valence-corrected chi connectivity index (χ2v) is 4.21. The summed E-state index contributed by atoms with van der Waals surface area (Å²) in [6.45, 7) is 0.688. The standard InChI is InChI=1S/C13H25NO8/c14-11(13(18)22-10-8-20-6-4-16)1-2-12(17)21-9-7-19-5-3-15/h11,15-16H,1-10,14H2. The molecular weight excluding hydrogens is 298 g/mol. The highest BCUT2D eigenvalue weighted by molar-refractivity contribution is 5.77. The molecule has 9 heteroatoms. The van der Waals surface area contributed by atoms with E-state index in [-0.39, 0.29) is 65.7 Å². The number of esters is 2. The van der Waals surface area contributed by atoms with Crippen molar-refractivity contribution in [3.8, 4) is 0 Å². The van der Waals surface area contributed by atoms with E-state index < -0.39 is 18.0 Å². The molecule has 0 aromatic heterocycles. The Morgan fingerprint density at radius 2 is 1.41 bits per heavy atom. The molecule has 0 amide bonds. The van der Waals surface area contributed by atoms with Gasteiger partial charge < -0.3 is 34.9 Å². The third kappa shape index (κ3) is 12.5. The smallest absolute Gasteiger partial charge is 0.323 e. The Hall–Kier alpha value is -1.26. The number of aliphatic hydroxyl groups excluding tert-OH is 2. The molecule has 0 aliphatic carbocycles. The van der Waals surface area contributed by atoms with Gasteiger partial charge in [0, 0.05) is 6.42 Å². The topological polar surface area (TPSA) is 138 Å². The lowest BCUT2D eigenvalue weighted by Gasteiger charge is -2.11. The number of hydrogen-bond acceptors (Lipinski definition) is 9. The van der Waals surface area contributed by atoms with Gasteiger partial charge >= 0.3 is 11.9 Å². The van der Waals surface area contributed by atoms with Gasteiger partial charge in [-0.3, -0.25) is 9.59 Å². The predicted octanol–water partition coefficient (Wildman–Crippen LogP) is -1.80. The fourth-order valence-corrected chi connectivity index (χ4v) is 1.32. The van der Waals surface area contributed by atoms with Crippen molar-refractivity contribution in [2.75, 3.05) is 52.9 Å². The number of carbonyl (C=O) groups is 2. The second-order valence-electron chi connectivity index (χ2n) is 4.21. The highest BCUT2D eigenvalue weighted by Crippen LogP contribution is 1.99. The fraction of sp³-hybridized carbons (Fsp3) is 0.846. The molecule has 1 atom stereocenters. The monoisotopic (exact) mass is 323 g/mol. The van der Waals surface area contributed by atoms with Crippen molar-refractivity contribution >= 4 is 11.9 Å². The highest BCUT2D eigenvalue weighted by Gasteiger charge is 2.17. The van der Waals surface area contributed by atoms with Crippen molar-refractivity contribution < 1.29 is 38.7 Å². The van der Waals surface area contributed by atoms with E-state index in [1.54, 1.807) is 0 Å². The summed E-state index contributed by atoms with van der Waals surface area (Å²) in [6, 6.07) is -0.906. The van der Waals surface area contributed by atoms with E-state index in [2.05, 4.69) is 0 Å². The number of ether oxygens (including phenoxy) is 4. The fourth-order valence-electron chi connectivity index (χ4n) is 1.32. The van der Waals surface area contributed by atoms with E-state index in [9.17, 15) is 9.59 Å². The molecule has 0 aliphatic rings. The van der Waals surface area contributed by atoms with Gasteiger partial charge in [-0.25, -0.2) is 0 Å². The predicted molar refractivity (Wildman–Crippen MR) is 74.9 cm³/mol. The minimum Gasteiger partial charge on any atom is -0.463 e. The number of carbonyl (C=O) groups excluding carboxylic acids is 2. The molecule has 0 fully saturated rings. The summed E-state index contributed by atoms with van der Waals surface area (Å²) in [4.78, 5) is 22.8. The Morgan fingerprint density at radius 1 is 0.864 bits per heavy atom. The number of nitrogens with two attached hydrogens (primary N) is 1. The van der Waals surface area contributed by atoms with Gasteiger partial charge in [0.25, 0.3) is 0 Å². The van der Waals surface area contributed by atoms with Gasteiger partial charge in [0.2, 0.25) is 0 Å². The summed E-state index contributed by atoms with van der Waals surface area (Å²) in [5.74, 6) is -1.10. The average molecular weight is 323 g/mol. The second kappa shape index (κ2) is 14.7. The van der Waals surface area contributed by atoms with Crippen LogP contribution in [0.15, 0.2) is 0 Å². The molecule has 0 bridgehead atoms. The van der Waals surface area contributed by atoms with E-state index in [1.165, 1.54) is 0 Å². The van der Waals surface area contributed by atoms with Crippen LogP contribution in [0.5, 0.6) is 0 Å². The van der Waals surface area contributed by atoms with Gasteiger partial charge in [-0.2, -0.15) is 0 Å². The molecule has 22 heavy (non-hydrogen) atoms. The normalized spacial score (nSPS) is 12.0. The molecule has 0 aromatic carbocycles. The Bertz CT molecular complexity index is 300. The van der Waals surface area contributed by atoms with Crippen LogP contribution in [0.3, 0.4) is 0 Å². The summed E-state index contributed by atoms with van der Waals surface area (Å²) < 4.78 is 19.5. The third-order valence-corrected chi connectivity index (χ3v) is 2.40. The quantitative estimate of drug-likeness (QED) is 0.249. The summed E-state index contributed by atoms with van der Waals surface area (Å²) in [5.41, 5.74) is 5.59. The lowest BCUT2D eigenvalue weighted by atomic mass is 10.2. The van der Waals surface area contributed by atoms with Crippen LogP contribution in [-0.2, 0) is 28.5 Å². The van der Waals surface area contributed by atoms with Gasteiger partial charge in [0.1, 0.15) is 19.3 Å². The largest absolute Gasteiger partial charge is 0.463 e. The summed E-state index contributed by atoms with van der Waals surface area (Å²) in [7, 11) is 0. The zero-order valence-corrected chi connectivity index (χ0v) is 12.6. The summed E-state index contributed by atoms with van der Waals surface area (Å²) in [5, 5.41) is 16.9. The summed E-state index contributed by atoms with van der Waals surface area (Å²) >= 11 is 0. The van der Waals surface area contributed by atoms with Crippen LogP contribution in [0.2, 0.25) is 0 Å². The molecule has 0 radical (unpaired) electrons. The molecule has 130 valence electrons. The Kier molecular flexibility index (Phi) is 13.8. The first-order valence-corrected chi connectivity index (χ1v) is 7.06. The number of aliphatic hydroxyl groups is 2. The van der Waals surface area contributed by atoms with Gasteiger partial charge in [0.15, 0.2) is 0 Å². The number of rotatable bonds is 14. The van der Waals surface area contributed by atoms with E-state index in [0.717, 1.165) is 0 Å². The molecule has 0 rings (SSSR count). The van der Waals surface area contributed by atoms with Crippen molar-refractivity contribution in [2.45, 2.75) is 18.9 Å². The maximum atomic E-state index is 11.5. The maximum absolute atomic E-state index is 11.5. The van der Waals surface area contributed by atoms with Crippen LogP contribution in [0.4, 0.5) is 0 Å². The van der Waals surface area contributed by atoms with E-state index in [0.29, 0.717) is 0 Å². The summed E-state index contributed by atoms with van der Waals surface area (Å²) in [6.07, 6.45) is 0.115. The Morgan fingerprint density at radius 3 is 1.95 bits per heavy atom. The van der Waals surface area contributed by atoms with Crippen LogP contribution >= 0.6 is 0 Å². The van der Waals surface area contributed by atoms with Crippen molar-refractivity contribution in [1.29, 1.82) is 0 Å². The first kappa shape index (κ1) is 20.7. The molecule has 0 heterocycles. The van der Waals surface area contributed by atoms with E-state index in [4.69, 9.17) is 34.9 Å². The van der Waals surface area contributed by atoms with Crippen molar-refractivity contribution in [2.24, 2.45) is 5.73 Å². The molecular formula is C13H25NO8. The minimum absolute atomic E-state index is 0.00270. The Balaban J connectivity index is 3.58. The van der Waals surface area contributed by atoms with E-state index >= 15 is 0 Å². The van der Waals surface area contributed by atoms with Crippen LogP contribution < -0.4 is 5.73 Å². The zero-order valence-electron chi connectivity index (χ0n) is 12.6. The molecule has 1 unspecified atom stereocenters. The van der Waals surface area contributed by atoms with Crippen LogP contribution in [0.25, 0.3) is 0 Å². The van der Waals surface area contributed by atoms with Crippen molar-refractivity contribution in [3.05, 3.63) is 0 Å². The van der Waals surface area contributed by atoms with Gasteiger partial charge in [-0.05, 0) is 6.42 Å². The van der Waals surface area contributed by atoms with Gasteiger partial charge in [-0.1, -0.05) is 0 Å². The minimum atomic E-state index is -0.906. The van der Waals surface area contributed by atoms with Crippen LogP contribution in [0, 0.1) is 0 Å². The molecule has 0 saturated heterocycles. The Labute approximate surface area is 129 Å². The average Bonchev–Trinajstić information content (AvgIpc) is 2.52. The molecule has 0 saturated carbocycles.